The number of nitrogens with one attached hydrogen (secondary N) is 3. The standard InChI is InChI=1S/C26H34N4O3/c1-4-10-18(23(27)31)20(15-16(2)3)25(32)30-24-26(33)28-21-14-9-8-13-19(21)22(29-24)17-11-6-5-7-12-17/h5-9,11-14,16,18,20,22,24,29H,4,10,15H2,1-3H3,(H2,27,31)(H,28,33)(H,30,32)/t18-,20+,22?,24?/m0/s1. The Morgan fingerprint density at radius 3 is 2.33 bits per heavy atom. The van der Waals surface area contributed by atoms with E-state index in [-0.39, 0.29) is 23.8 Å². The molecule has 1 aliphatic rings. The monoisotopic (exact) mass is 450 g/mol. The molecule has 4 atom stereocenters. The van der Waals surface area contributed by atoms with Crippen LogP contribution in [-0.4, -0.2) is 23.9 Å². The highest BCUT2D eigenvalue weighted by Crippen LogP contribution is 2.31. The van der Waals surface area contributed by atoms with Crippen LogP contribution < -0.4 is 21.7 Å². The van der Waals surface area contributed by atoms with E-state index in [1.165, 1.54) is 0 Å². The first kappa shape index (κ1) is 24.5. The fourth-order valence-electron chi connectivity index (χ4n) is 4.49. The van der Waals surface area contributed by atoms with Gasteiger partial charge in [0.25, 0.3) is 5.91 Å². The molecule has 0 saturated carbocycles. The van der Waals surface area contributed by atoms with Gasteiger partial charge in [-0.2, -0.15) is 0 Å². The van der Waals surface area contributed by atoms with Gasteiger partial charge in [-0.05, 0) is 36.0 Å². The summed E-state index contributed by atoms with van der Waals surface area (Å²) in [4.78, 5) is 38.6. The van der Waals surface area contributed by atoms with Crippen LogP contribution in [0.2, 0.25) is 0 Å². The second-order valence-electron chi connectivity index (χ2n) is 9.06. The van der Waals surface area contributed by atoms with Crippen molar-refractivity contribution < 1.29 is 14.4 Å². The van der Waals surface area contributed by atoms with Crippen molar-refractivity contribution >= 4 is 23.4 Å². The van der Waals surface area contributed by atoms with Gasteiger partial charge in [0.2, 0.25) is 11.8 Å². The van der Waals surface area contributed by atoms with E-state index in [1.54, 1.807) is 0 Å². The Labute approximate surface area is 195 Å². The summed E-state index contributed by atoms with van der Waals surface area (Å²) in [5.74, 6) is -2.16. The van der Waals surface area contributed by atoms with Gasteiger partial charge in [0.15, 0.2) is 6.17 Å². The number of amides is 3. The minimum absolute atomic E-state index is 0.191. The van der Waals surface area contributed by atoms with Crippen LogP contribution in [0.1, 0.15) is 57.2 Å². The van der Waals surface area contributed by atoms with Gasteiger partial charge in [-0.15, -0.1) is 0 Å². The van der Waals surface area contributed by atoms with Crippen molar-refractivity contribution in [2.75, 3.05) is 5.32 Å². The maximum Gasteiger partial charge on any atom is 0.262 e. The molecule has 7 heteroatoms. The molecule has 0 fully saturated rings. The van der Waals surface area contributed by atoms with Crippen LogP contribution in [0.3, 0.4) is 0 Å². The Bertz CT molecular complexity index is 977. The molecular formula is C26H34N4O3. The van der Waals surface area contributed by atoms with E-state index >= 15 is 0 Å². The molecule has 3 rings (SSSR count). The van der Waals surface area contributed by atoms with Crippen molar-refractivity contribution in [3.8, 4) is 0 Å². The summed E-state index contributed by atoms with van der Waals surface area (Å²) in [6, 6.07) is 17.0. The molecule has 0 radical (unpaired) electrons. The van der Waals surface area contributed by atoms with Gasteiger partial charge in [-0.1, -0.05) is 75.7 Å². The fraction of sp³-hybridized carbons (Fsp3) is 0.423. The highest BCUT2D eigenvalue weighted by molar-refractivity contribution is 5.99. The number of benzene rings is 2. The third kappa shape index (κ3) is 5.99. The molecule has 2 aromatic rings. The van der Waals surface area contributed by atoms with E-state index in [1.807, 2.05) is 75.4 Å². The number of carbonyl (C=O) groups excluding carboxylic acids is 3. The summed E-state index contributed by atoms with van der Waals surface area (Å²) in [7, 11) is 0. The summed E-state index contributed by atoms with van der Waals surface area (Å²) < 4.78 is 0. The number of primary amides is 1. The average molecular weight is 451 g/mol. The third-order valence-electron chi connectivity index (χ3n) is 6.06. The van der Waals surface area contributed by atoms with Crippen LogP contribution >= 0.6 is 0 Å². The largest absolute Gasteiger partial charge is 0.369 e. The molecule has 0 saturated heterocycles. The number of hydrogen-bond acceptors (Lipinski definition) is 4. The van der Waals surface area contributed by atoms with E-state index < -0.39 is 23.9 Å². The molecule has 1 aliphatic heterocycles. The molecule has 1 heterocycles. The number of carbonyl (C=O) groups is 3. The summed E-state index contributed by atoms with van der Waals surface area (Å²) in [6.45, 7) is 5.97. The molecule has 2 unspecified atom stereocenters. The second kappa shape index (κ2) is 11.1. The number of rotatable bonds is 9. The number of hydrogen-bond donors (Lipinski definition) is 4. The van der Waals surface area contributed by atoms with Crippen molar-refractivity contribution in [3.63, 3.8) is 0 Å². The van der Waals surface area contributed by atoms with Crippen molar-refractivity contribution in [2.45, 2.75) is 52.2 Å². The Balaban J connectivity index is 1.90. The molecule has 33 heavy (non-hydrogen) atoms. The van der Waals surface area contributed by atoms with Crippen LogP contribution in [0.25, 0.3) is 0 Å². The molecule has 0 bridgehead atoms. The van der Waals surface area contributed by atoms with Gasteiger partial charge < -0.3 is 16.4 Å². The Morgan fingerprint density at radius 1 is 1.03 bits per heavy atom. The zero-order valence-corrected chi connectivity index (χ0v) is 19.5. The molecule has 3 amide bonds. The van der Waals surface area contributed by atoms with E-state index in [2.05, 4.69) is 16.0 Å². The van der Waals surface area contributed by atoms with Crippen LogP contribution in [0, 0.1) is 17.8 Å². The number of nitrogens with two attached hydrogens (primary N) is 1. The molecule has 0 spiro atoms. The van der Waals surface area contributed by atoms with Crippen LogP contribution in [0.5, 0.6) is 0 Å². The molecule has 176 valence electrons. The molecule has 0 aromatic heterocycles. The zero-order valence-electron chi connectivity index (χ0n) is 19.5. The minimum Gasteiger partial charge on any atom is -0.369 e. The lowest BCUT2D eigenvalue weighted by Gasteiger charge is -2.28. The lowest BCUT2D eigenvalue weighted by atomic mass is 9.81. The average Bonchev–Trinajstić information content (AvgIpc) is 2.92. The Kier molecular flexibility index (Phi) is 8.22. The first-order valence-corrected chi connectivity index (χ1v) is 11.6. The maximum atomic E-state index is 13.4. The summed E-state index contributed by atoms with van der Waals surface area (Å²) in [5, 5.41) is 9.12. The van der Waals surface area contributed by atoms with Gasteiger partial charge in [0, 0.05) is 17.5 Å². The Morgan fingerprint density at radius 2 is 1.70 bits per heavy atom. The molecule has 5 N–H and O–H groups in total. The summed E-state index contributed by atoms with van der Waals surface area (Å²) in [5.41, 5.74) is 8.24. The van der Waals surface area contributed by atoms with Crippen LogP contribution in [0.4, 0.5) is 5.69 Å². The highest BCUT2D eigenvalue weighted by atomic mass is 16.2. The molecule has 0 aliphatic carbocycles. The van der Waals surface area contributed by atoms with Crippen molar-refractivity contribution in [1.82, 2.24) is 10.6 Å². The molecule has 7 nitrogen and oxygen atoms in total. The normalized spacial score (nSPS) is 19.7. The highest BCUT2D eigenvalue weighted by Gasteiger charge is 2.36. The lowest BCUT2D eigenvalue weighted by Crippen LogP contribution is -2.55. The topological polar surface area (TPSA) is 113 Å². The first-order valence-electron chi connectivity index (χ1n) is 11.6. The summed E-state index contributed by atoms with van der Waals surface area (Å²) >= 11 is 0. The molecule has 2 aromatic carbocycles. The van der Waals surface area contributed by atoms with Crippen molar-refractivity contribution in [2.24, 2.45) is 23.5 Å². The number of anilines is 1. The van der Waals surface area contributed by atoms with Gasteiger partial charge in [-0.3, -0.25) is 19.7 Å². The second-order valence-corrected chi connectivity index (χ2v) is 9.06. The first-order chi connectivity index (χ1) is 15.8. The van der Waals surface area contributed by atoms with Gasteiger partial charge in [-0.25, -0.2) is 0 Å². The fourth-order valence-corrected chi connectivity index (χ4v) is 4.49. The number of para-hydroxylation sites is 1. The van der Waals surface area contributed by atoms with Crippen LogP contribution in [0.15, 0.2) is 54.6 Å². The van der Waals surface area contributed by atoms with Gasteiger partial charge >= 0.3 is 0 Å². The van der Waals surface area contributed by atoms with Gasteiger partial charge in [0.05, 0.1) is 6.04 Å². The predicted molar refractivity (Wildman–Crippen MR) is 129 cm³/mol. The van der Waals surface area contributed by atoms with Crippen molar-refractivity contribution in [3.05, 3.63) is 65.7 Å². The Hall–Kier alpha value is -3.19. The van der Waals surface area contributed by atoms with Gasteiger partial charge in [0.1, 0.15) is 0 Å². The molecular weight excluding hydrogens is 416 g/mol. The van der Waals surface area contributed by atoms with Crippen molar-refractivity contribution in [1.29, 1.82) is 0 Å². The number of fused-ring (bicyclic) bond motifs is 1. The van der Waals surface area contributed by atoms with E-state index in [0.29, 0.717) is 18.5 Å². The smallest absolute Gasteiger partial charge is 0.262 e. The zero-order chi connectivity index (χ0) is 24.0. The summed E-state index contributed by atoms with van der Waals surface area (Å²) in [6.07, 6.45) is 0.807. The van der Waals surface area contributed by atoms with Crippen LogP contribution in [-0.2, 0) is 14.4 Å². The maximum absolute atomic E-state index is 13.4. The lowest BCUT2D eigenvalue weighted by molar-refractivity contribution is -0.136. The van der Waals surface area contributed by atoms with E-state index in [9.17, 15) is 14.4 Å². The third-order valence-corrected chi connectivity index (χ3v) is 6.06. The predicted octanol–water partition coefficient (Wildman–Crippen LogP) is 3.32. The van der Waals surface area contributed by atoms with E-state index in [0.717, 1.165) is 17.5 Å². The SMILES string of the molecule is CCC[C@H](C(N)=O)[C@@H](CC(C)C)C(=O)NC1NC(c2ccccc2)c2ccccc2NC1=O. The minimum atomic E-state index is -0.972. The quantitative estimate of drug-likeness (QED) is 0.469. The van der Waals surface area contributed by atoms with E-state index in [4.69, 9.17) is 5.73 Å².